The van der Waals surface area contributed by atoms with E-state index in [0.717, 1.165) is 17.5 Å². The topological polar surface area (TPSA) is 26.3 Å². The smallest absolute Gasteiger partial charge is 0.338 e. The van der Waals surface area contributed by atoms with Crippen molar-refractivity contribution in [3.8, 4) is 0 Å². The van der Waals surface area contributed by atoms with Crippen LogP contribution in [0.1, 0.15) is 28.4 Å². The molecule has 0 aliphatic carbocycles. The summed E-state index contributed by atoms with van der Waals surface area (Å²) in [5.41, 5.74) is 2.60. The molecule has 0 amide bonds. The van der Waals surface area contributed by atoms with Crippen molar-refractivity contribution in [2.45, 2.75) is 19.2 Å². The van der Waals surface area contributed by atoms with E-state index in [2.05, 4.69) is 0 Å². The molecule has 0 N–H and O–H groups in total. The van der Waals surface area contributed by atoms with Gasteiger partial charge in [-0.2, -0.15) is 0 Å². The lowest BCUT2D eigenvalue weighted by molar-refractivity contribution is 0.0599. The van der Waals surface area contributed by atoms with Crippen molar-refractivity contribution in [1.82, 2.24) is 0 Å². The summed E-state index contributed by atoms with van der Waals surface area (Å²) in [7, 11) is 1.38. The maximum Gasteiger partial charge on any atom is 0.338 e. The van der Waals surface area contributed by atoms with E-state index < -0.39 is 0 Å². The van der Waals surface area contributed by atoms with E-state index in [-0.39, 0.29) is 5.97 Å². The predicted octanol–water partition coefficient (Wildman–Crippen LogP) is 2.77. The Labute approximate surface area is 88.8 Å². The summed E-state index contributed by atoms with van der Waals surface area (Å²) in [6.45, 7) is 2.00. The molecule has 0 aliphatic rings. The molecule has 0 bridgehead atoms. The van der Waals surface area contributed by atoms with Crippen molar-refractivity contribution in [3.05, 3.63) is 34.9 Å². The van der Waals surface area contributed by atoms with Gasteiger partial charge in [-0.3, -0.25) is 0 Å². The van der Waals surface area contributed by atoms with E-state index >= 15 is 0 Å². The molecule has 0 saturated heterocycles. The summed E-state index contributed by atoms with van der Waals surface area (Å²) in [5.74, 6) is 0.127. The summed E-state index contributed by atoms with van der Waals surface area (Å²) in [4.78, 5) is 11.4. The van der Waals surface area contributed by atoms with Crippen molar-refractivity contribution in [2.75, 3.05) is 7.11 Å². The summed E-state index contributed by atoms with van der Waals surface area (Å²) < 4.78 is 4.70. The SMILES string of the molecule is CCc1c(CCl)cccc1C(=O)OC. The number of carbonyl (C=O) groups is 1. The molecule has 0 aromatic heterocycles. The van der Waals surface area contributed by atoms with Crippen LogP contribution in [0.2, 0.25) is 0 Å². The van der Waals surface area contributed by atoms with Crippen LogP contribution in [-0.2, 0) is 17.0 Å². The molecule has 0 aliphatic heterocycles. The van der Waals surface area contributed by atoms with Gasteiger partial charge >= 0.3 is 5.97 Å². The van der Waals surface area contributed by atoms with Gasteiger partial charge in [0, 0.05) is 5.88 Å². The van der Waals surface area contributed by atoms with Gasteiger partial charge in [0.1, 0.15) is 0 Å². The van der Waals surface area contributed by atoms with Crippen molar-refractivity contribution in [2.24, 2.45) is 0 Å². The molecule has 0 radical (unpaired) electrons. The standard InChI is InChI=1S/C11H13ClO2/c1-3-9-8(7-12)5-4-6-10(9)11(13)14-2/h4-6H,3,7H2,1-2H3. The van der Waals surface area contributed by atoms with Crippen molar-refractivity contribution >= 4 is 17.6 Å². The Morgan fingerprint density at radius 2 is 2.21 bits per heavy atom. The highest BCUT2D eigenvalue weighted by atomic mass is 35.5. The molecule has 0 fully saturated rings. The summed E-state index contributed by atoms with van der Waals surface area (Å²) in [6.07, 6.45) is 0.785. The van der Waals surface area contributed by atoms with Crippen molar-refractivity contribution in [3.63, 3.8) is 0 Å². The maximum atomic E-state index is 11.4. The quantitative estimate of drug-likeness (QED) is 0.569. The molecular weight excluding hydrogens is 200 g/mol. The third-order valence-corrected chi connectivity index (χ3v) is 2.46. The molecule has 1 rings (SSSR count). The first-order chi connectivity index (χ1) is 6.74. The minimum atomic E-state index is -0.297. The van der Waals surface area contributed by atoms with Gasteiger partial charge in [-0.25, -0.2) is 4.79 Å². The highest BCUT2D eigenvalue weighted by molar-refractivity contribution is 6.17. The largest absolute Gasteiger partial charge is 0.465 e. The number of halogens is 1. The minimum Gasteiger partial charge on any atom is -0.465 e. The second kappa shape index (κ2) is 5.01. The van der Waals surface area contributed by atoms with E-state index in [1.54, 1.807) is 6.07 Å². The molecule has 14 heavy (non-hydrogen) atoms. The number of alkyl halides is 1. The van der Waals surface area contributed by atoms with Crippen molar-refractivity contribution < 1.29 is 9.53 Å². The summed E-state index contributed by atoms with van der Waals surface area (Å²) in [6, 6.07) is 5.52. The first kappa shape index (κ1) is 11.1. The third-order valence-electron chi connectivity index (χ3n) is 2.18. The highest BCUT2D eigenvalue weighted by Gasteiger charge is 2.12. The van der Waals surface area contributed by atoms with Crippen LogP contribution < -0.4 is 0 Å². The van der Waals surface area contributed by atoms with Crippen LogP contribution in [0.5, 0.6) is 0 Å². The summed E-state index contributed by atoms with van der Waals surface area (Å²) >= 11 is 5.78. The van der Waals surface area contributed by atoms with E-state index in [1.807, 2.05) is 19.1 Å². The first-order valence-corrected chi connectivity index (χ1v) is 5.03. The number of esters is 1. The Kier molecular flexibility index (Phi) is 3.96. The molecule has 2 nitrogen and oxygen atoms in total. The molecule has 0 saturated carbocycles. The highest BCUT2D eigenvalue weighted by Crippen LogP contribution is 2.18. The fourth-order valence-electron chi connectivity index (χ4n) is 1.48. The van der Waals surface area contributed by atoms with Crippen LogP contribution in [0.3, 0.4) is 0 Å². The van der Waals surface area contributed by atoms with Crippen LogP contribution in [0.4, 0.5) is 0 Å². The number of carbonyl (C=O) groups excluding carboxylic acids is 1. The maximum absolute atomic E-state index is 11.4. The molecule has 0 heterocycles. The lowest BCUT2D eigenvalue weighted by Gasteiger charge is -2.09. The zero-order valence-electron chi connectivity index (χ0n) is 8.34. The molecule has 0 spiro atoms. The van der Waals surface area contributed by atoms with E-state index in [0.29, 0.717) is 11.4 Å². The second-order valence-corrected chi connectivity index (χ2v) is 3.19. The van der Waals surface area contributed by atoms with Gasteiger partial charge in [-0.15, -0.1) is 11.6 Å². The van der Waals surface area contributed by atoms with Gasteiger partial charge in [-0.05, 0) is 23.6 Å². The first-order valence-electron chi connectivity index (χ1n) is 4.49. The van der Waals surface area contributed by atoms with Crippen molar-refractivity contribution in [1.29, 1.82) is 0 Å². The molecule has 76 valence electrons. The van der Waals surface area contributed by atoms with E-state index in [1.165, 1.54) is 7.11 Å². The van der Waals surface area contributed by atoms with Gasteiger partial charge in [-0.1, -0.05) is 19.1 Å². The Morgan fingerprint density at radius 3 is 2.71 bits per heavy atom. The van der Waals surface area contributed by atoms with Crippen LogP contribution in [-0.4, -0.2) is 13.1 Å². The monoisotopic (exact) mass is 212 g/mol. The van der Waals surface area contributed by atoms with E-state index in [4.69, 9.17) is 16.3 Å². The van der Waals surface area contributed by atoms with Gasteiger partial charge in [0.05, 0.1) is 12.7 Å². The van der Waals surface area contributed by atoms with Gasteiger partial charge < -0.3 is 4.74 Å². The molecule has 0 unspecified atom stereocenters. The molecule has 0 atom stereocenters. The minimum absolute atomic E-state index is 0.297. The van der Waals surface area contributed by atoms with Gasteiger partial charge in [0.25, 0.3) is 0 Å². The van der Waals surface area contributed by atoms with E-state index in [9.17, 15) is 4.79 Å². The van der Waals surface area contributed by atoms with Gasteiger partial charge in [0.15, 0.2) is 0 Å². The average molecular weight is 213 g/mol. The number of benzene rings is 1. The Morgan fingerprint density at radius 1 is 1.50 bits per heavy atom. The Bertz CT molecular complexity index is 334. The lowest BCUT2D eigenvalue weighted by atomic mass is 10.00. The van der Waals surface area contributed by atoms with Crippen LogP contribution in [0.15, 0.2) is 18.2 Å². The normalized spacial score (nSPS) is 9.93. The van der Waals surface area contributed by atoms with Crippen LogP contribution in [0, 0.1) is 0 Å². The Hall–Kier alpha value is -1.02. The predicted molar refractivity (Wildman–Crippen MR) is 56.7 cm³/mol. The van der Waals surface area contributed by atoms with Crippen LogP contribution in [0.25, 0.3) is 0 Å². The van der Waals surface area contributed by atoms with Crippen LogP contribution >= 0.6 is 11.6 Å². The Balaban J connectivity index is 3.21. The van der Waals surface area contributed by atoms with Gasteiger partial charge in [0.2, 0.25) is 0 Å². The third kappa shape index (κ3) is 2.07. The number of hydrogen-bond acceptors (Lipinski definition) is 2. The second-order valence-electron chi connectivity index (χ2n) is 2.92. The lowest BCUT2D eigenvalue weighted by Crippen LogP contribution is -2.07. The molecule has 3 heteroatoms. The molecular formula is C11H13ClO2. The number of ether oxygens (including phenoxy) is 1. The zero-order valence-corrected chi connectivity index (χ0v) is 9.10. The number of rotatable bonds is 3. The summed E-state index contributed by atoms with van der Waals surface area (Å²) in [5, 5.41) is 0. The number of hydrogen-bond donors (Lipinski definition) is 0. The molecule has 1 aromatic rings. The fraction of sp³-hybridized carbons (Fsp3) is 0.364. The fourth-order valence-corrected chi connectivity index (χ4v) is 1.73. The number of methoxy groups -OCH3 is 1. The zero-order chi connectivity index (χ0) is 10.6. The average Bonchev–Trinajstić information content (AvgIpc) is 2.26. The molecule has 1 aromatic carbocycles.